The molecule has 0 saturated heterocycles. The van der Waals surface area contributed by atoms with Crippen molar-refractivity contribution in [2.75, 3.05) is 5.32 Å². The quantitative estimate of drug-likeness (QED) is 0.608. The van der Waals surface area contributed by atoms with Crippen molar-refractivity contribution >= 4 is 25.1 Å². The molecule has 0 radical (unpaired) electrons. The van der Waals surface area contributed by atoms with Crippen molar-refractivity contribution in [3.05, 3.63) is 35.4 Å². The number of benzene rings is 1. The van der Waals surface area contributed by atoms with Crippen LogP contribution in [0, 0.1) is 0 Å². The molecule has 0 amide bonds. The van der Waals surface area contributed by atoms with Crippen LogP contribution in [-0.4, -0.2) is 15.0 Å². The first-order chi connectivity index (χ1) is 4.97. The third kappa shape index (κ3) is 0.961. The zero-order valence-electron chi connectivity index (χ0n) is 5.37. The molecular formula is C8H7NSe. The van der Waals surface area contributed by atoms with Crippen molar-refractivity contribution in [1.82, 2.24) is 0 Å². The van der Waals surface area contributed by atoms with E-state index in [1.165, 1.54) is 10.1 Å². The summed E-state index contributed by atoms with van der Waals surface area (Å²) >= 11 is 0.543. The van der Waals surface area contributed by atoms with Crippen molar-refractivity contribution in [2.45, 2.75) is 0 Å². The maximum atomic E-state index is 3.20. The molecule has 0 unspecified atom stereocenters. The van der Waals surface area contributed by atoms with Gasteiger partial charge in [-0.2, -0.15) is 0 Å². The van der Waals surface area contributed by atoms with Crippen molar-refractivity contribution in [3.63, 3.8) is 0 Å². The molecule has 1 aromatic rings. The van der Waals surface area contributed by atoms with Crippen molar-refractivity contribution < 1.29 is 0 Å². The molecule has 10 heavy (non-hydrogen) atoms. The van der Waals surface area contributed by atoms with E-state index in [0.717, 1.165) is 0 Å². The van der Waals surface area contributed by atoms with Gasteiger partial charge in [-0.15, -0.1) is 0 Å². The van der Waals surface area contributed by atoms with E-state index in [0.29, 0.717) is 15.0 Å². The summed E-state index contributed by atoms with van der Waals surface area (Å²) in [5, 5.41) is 3.20. The molecule has 0 spiro atoms. The number of anilines is 1. The van der Waals surface area contributed by atoms with Crippen LogP contribution in [0.5, 0.6) is 0 Å². The number of hydrogen-bond donors (Lipinski definition) is 1. The van der Waals surface area contributed by atoms with Gasteiger partial charge in [-0.1, -0.05) is 0 Å². The molecule has 0 aromatic heterocycles. The maximum absolute atomic E-state index is 3.20. The van der Waals surface area contributed by atoms with Crippen molar-refractivity contribution in [2.24, 2.45) is 0 Å². The van der Waals surface area contributed by atoms with Gasteiger partial charge in [-0.05, 0) is 0 Å². The average Bonchev–Trinajstić information content (AvgIpc) is 2.05. The number of hydrogen-bond acceptors (Lipinski definition) is 1. The fourth-order valence-corrected chi connectivity index (χ4v) is 2.38. The van der Waals surface area contributed by atoms with E-state index in [2.05, 4.69) is 34.6 Å². The number of fused-ring (bicyclic) bond motifs is 1. The van der Waals surface area contributed by atoms with Gasteiger partial charge < -0.3 is 0 Å². The third-order valence-corrected chi connectivity index (χ3v) is 3.24. The Kier molecular flexibility index (Phi) is 1.50. The van der Waals surface area contributed by atoms with Crippen LogP contribution in [-0.2, 0) is 0 Å². The topological polar surface area (TPSA) is 12.0 Å². The predicted octanol–water partition coefficient (Wildman–Crippen LogP) is 0.913. The molecule has 1 nitrogen and oxygen atoms in total. The fraction of sp³-hybridized carbons (Fsp3) is 0. The van der Waals surface area contributed by atoms with Crippen molar-refractivity contribution in [3.8, 4) is 0 Å². The van der Waals surface area contributed by atoms with Gasteiger partial charge in [0.25, 0.3) is 0 Å². The first-order valence-corrected chi connectivity index (χ1v) is 4.98. The summed E-state index contributed by atoms with van der Waals surface area (Å²) in [6.45, 7) is 0. The van der Waals surface area contributed by atoms with Crippen LogP contribution < -0.4 is 9.78 Å². The summed E-state index contributed by atoms with van der Waals surface area (Å²) in [6.07, 6.45) is 2.02. The van der Waals surface area contributed by atoms with Crippen LogP contribution in [0.4, 0.5) is 5.69 Å². The van der Waals surface area contributed by atoms with Gasteiger partial charge in [0.1, 0.15) is 0 Å². The molecule has 0 bridgehead atoms. The second-order valence-electron chi connectivity index (χ2n) is 2.06. The number of rotatable bonds is 0. The molecule has 0 aliphatic carbocycles. The van der Waals surface area contributed by atoms with Crippen LogP contribution in [0.25, 0.3) is 0 Å². The normalized spacial score (nSPS) is 14.0. The Labute approximate surface area is 66.3 Å². The summed E-state index contributed by atoms with van der Waals surface area (Å²) in [7, 11) is 0. The Morgan fingerprint density at radius 1 is 1.20 bits per heavy atom. The summed E-state index contributed by atoms with van der Waals surface area (Å²) in [5.41, 5.74) is 1.27. The van der Waals surface area contributed by atoms with Crippen LogP contribution in [0.15, 0.2) is 35.4 Å². The van der Waals surface area contributed by atoms with Crippen LogP contribution in [0.2, 0.25) is 0 Å². The predicted molar refractivity (Wildman–Crippen MR) is 44.6 cm³/mol. The monoisotopic (exact) mass is 197 g/mol. The Morgan fingerprint density at radius 2 is 2.10 bits per heavy atom. The zero-order valence-corrected chi connectivity index (χ0v) is 7.09. The summed E-state index contributed by atoms with van der Waals surface area (Å²) in [6, 6.07) is 8.43. The van der Waals surface area contributed by atoms with E-state index in [1.807, 2.05) is 6.20 Å². The van der Waals surface area contributed by atoms with Crippen LogP contribution >= 0.6 is 0 Å². The molecule has 1 aromatic carbocycles. The van der Waals surface area contributed by atoms with Gasteiger partial charge in [-0.3, -0.25) is 0 Å². The molecule has 1 aliphatic rings. The molecule has 0 atom stereocenters. The van der Waals surface area contributed by atoms with E-state index in [1.54, 1.807) is 0 Å². The standard InChI is InChI=1S/C8H7NSe/c1-2-4-8-7(3-1)9-5-6-10-8/h1-6,9H. The Morgan fingerprint density at radius 3 is 3.00 bits per heavy atom. The third-order valence-electron chi connectivity index (χ3n) is 1.39. The molecule has 2 heteroatoms. The molecule has 1 aliphatic heterocycles. The van der Waals surface area contributed by atoms with E-state index in [-0.39, 0.29) is 0 Å². The van der Waals surface area contributed by atoms with Gasteiger partial charge in [-0.25, -0.2) is 0 Å². The SMILES string of the molecule is C1=C[Se]c2ccccc2N1. The van der Waals surface area contributed by atoms with E-state index < -0.39 is 0 Å². The second kappa shape index (κ2) is 2.49. The molecule has 1 heterocycles. The van der Waals surface area contributed by atoms with Crippen LogP contribution in [0.1, 0.15) is 0 Å². The summed E-state index contributed by atoms with van der Waals surface area (Å²) in [4.78, 5) is 2.19. The van der Waals surface area contributed by atoms with E-state index in [4.69, 9.17) is 0 Å². The van der Waals surface area contributed by atoms with Gasteiger partial charge in [0.15, 0.2) is 0 Å². The van der Waals surface area contributed by atoms with Crippen molar-refractivity contribution in [1.29, 1.82) is 0 Å². The fourth-order valence-electron chi connectivity index (χ4n) is 0.920. The van der Waals surface area contributed by atoms with E-state index >= 15 is 0 Å². The van der Waals surface area contributed by atoms with E-state index in [9.17, 15) is 0 Å². The first kappa shape index (κ1) is 6.02. The number of para-hydroxylation sites is 1. The van der Waals surface area contributed by atoms with Gasteiger partial charge >= 0.3 is 65.9 Å². The Bertz CT molecular complexity index is 241. The molecular weight excluding hydrogens is 189 g/mol. The second-order valence-corrected chi connectivity index (χ2v) is 4.05. The molecule has 0 saturated carbocycles. The van der Waals surface area contributed by atoms with Crippen LogP contribution in [0.3, 0.4) is 0 Å². The number of nitrogens with one attached hydrogen (secondary N) is 1. The molecule has 50 valence electrons. The molecule has 0 fully saturated rings. The summed E-state index contributed by atoms with van der Waals surface area (Å²) < 4.78 is 1.44. The Balaban J connectivity index is 2.47. The van der Waals surface area contributed by atoms with Gasteiger partial charge in [0.05, 0.1) is 0 Å². The minimum absolute atomic E-state index is 0.543. The van der Waals surface area contributed by atoms with Gasteiger partial charge in [0, 0.05) is 0 Å². The average molecular weight is 196 g/mol. The molecule has 2 rings (SSSR count). The zero-order chi connectivity index (χ0) is 6.81. The minimum atomic E-state index is 0.543. The first-order valence-electron chi connectivity index (χ1n) is 3.14. The molecule has 1 N–H and O–H groups in total. The summed E-state index contributed by atoms with van der Waals surface area (Å²) in [5.74, 6) is 0. The Hall–Kier alpha value is -0.721. The van der Waals surface area contributed by atoms with Gasteiger partial charge in [0.2, 0.25) is 0 Å².